The summed E-state index contributed by atoms with van der Waals surface area (Å²) in [6, 6.07) is 12.8. The van der Waals surface area contributed by atoms with E-state index in [9.17, 15) is 13.2 Å². The minimum Gasteiger partial charge on any atom is -0.408 e. The Bertz CT molecular complexity index is 1120. The number of oxazole rings is 1. The lowest BCUT2D eigenvalue weighted by Gasteiger charge is -2.08. The van der Waals surface area contributed by atoms with Gasteiger partial charge in [-0.1, -0.05) is 18.2 Å². The van der Waals surface area contributed by atoms with Gasteiger partial charge in [-0.25, -0.2) is 17.9 Å². The van der Waals surface area contributed by atoms with Crippen molar-refractivity contribution in [3.8, 4) is 6.07 Å². The van der Waals surface area contributed by atoms with Gasteiger partial charge in [-0.3, -0.25) is 4.57 Å². The minimum absolute atomic E-state index is 0.0106. The van der Waals surface area contributed by atoms with Gasteiger partial charge in [0, 0.05) is 13.6 Å². The summed E-state index contributed by atoms with van der Waals surface area (Å²) < 4.78 is 33.6. The second kappa shape index (κ2) is 5.96. The van der Waals surface area contributed by atoms with Gasteiger partial charge in [0.15, 0.2) is 5.58 Å². The molecule has 0 amide bonds. The van der Waals surface area contributed by atoms with Crippen molar-refractivity contribution in [3.05, 3.63) is 64.1 Å². The van der Waals surface area contributed by atoms with Crippen molar-refractivity contribution in [3.63, 3.8) is 0 Å². The molecular weight excluding hydrogens is 330 g/mol. The highest BCUT2D eigenvalue weighted by atomic mass is 32.2. The van der Waals surface area contributed by atoms with Gasteiger partial charge in [0.05, 0.1) is 16.0 Å². The lowest BCUT2D eigenvalue weighted by molar-refractivity contribution is 0.527. The maximum absolute atomic E-state index is 12.4. The van der Waals surface area contributed by atoms with Crippen LogP contribution in [0.2, 0.25) is 0 Å². The molecule has 0 spiro atoms. The summed E-state index contributed by atoms with van der Waals surface area (Å²) in [5.74, 6) is -0.481. The normalized spacial score (nSPS) is 11.5. The second-order valence-electron chi connectivity index (χ2n) is 5.16. The van der Waals surface area contributed by atoms with E-state index in [1.165, 1.54) is 16.7 Å². The maximum Gasteiger partial charge on any atom is 0.419 e. The molecule has 122 valence electrons. The average molecular weight is 343 g/mol. The highest BCUT2D eigenvalue weighted by molar-refractivity contribution is 7.89. The van der Waals surface area contributed by atoms with E-state index in [-0.39, 0.29) is 17.0 Å². The minimum atomic E-state index is -3.83. The van der Waals surface area contributed by atoms with Crippen molar-refractivity contribution in [2.24, 2.45) is 7.05 Å². The molecule has 0 saturated carbocycles. The van der Waals surface area contributed by atoms with Crippen molar-refractivity contribution in [2.75, 3.05) is 0 Å². The number of aryl methyl sites for hydroxylation is 1. The Balaban J connectivity index is 1.87. The highest BCUT2D eigenvalue weighted by Crippen LogP contribution is 2.17. The lowest BCUT2D eigenvalue weighted by Crippen LogP contribution is -2.24. The molecule has 3 rings (SSSR count). The first-order valence-corrected chi connectivity index (χ1v) is 8.48. The number of rotatable bonds is 4. The van der Waals surface area contributed by atoms with E-state index >= 15 is 0 Å². The van der Waals surface area contributed by atoms with E-state index in [2.05, 4.69) is 4.72 Å². The molecule has 24 heavy (non-hydrogen) atoms. The van der Waals surface area contributed by atoms with Gasteiger partial charge in [0.1, 0.15) is 6.07 Å². The van der Waals surface area contributed by atoms with E-state index in [4.69, 9.17) is 9.68 Å². The molecular formula is C16H13N3O4S. The summed E-state index contributed by atoms with van der Waals surface area (Å²) in [6.07, 6.45) is 0. The Morgan fingerprint density at radius 1 is 1.25 bits per heavy atom. The SMILES string of the molecule is Cn1c(=O)oc2cc(CNS(=O)(=O)c3ccccc3C#N)ccc21. The van der Waals surface area contributed by atoms with Crippen LogP contribution in [0, 0.1) is 11.3 Å². The zero-order valence-corrected chi connectivity index (χ0v) is 13.5. The molecule has 1 heterocycles. The van der Waals surface area contributed by atoms with Gasteiger partial charge in [-0.2, -0.15) is 5.26 Å². The zero-order valence-electron chi connectivity index (χ0n) is 12.7. The molecule has 0 unspecified atom stereocenters. The van der Waals surface area contributed by atoms with Gasteiger partial charge in [0.2, 0.25) is 10.0 Å². The fourth-order valence-corrected chi connectivity index (χ4v) is 3.51. The van der Waals surface area contributed by atoms with Gasteiger partial charge in [-0.15, -0.1) is 0 Å². The second-order valence-corrected chi connectivity index (χ2v) is 6.90. The van der Waals surface area contributed by atoms with E-state index in [0.29, 0.717) is 16.7 Å². The summed E-state index contributed by atoms with van der Waals surface area (Å²) >= 11 is 0. The van der Waals surface area contributed by atoms with E-state index < -0.39 is 15.8 Å². The molecule has 3 aromatic rings. The first kappa shape index (κ1) is 16.0. The van der Waals surface area contributed by atoms with Crippen LogP contribution >= 0.6 is 0 Å². The van der Waals surface area contributed by atoms with Crippen LogP contribution in [0.3, 0.4) is 0 Å². The fraction of sp³-hybridized carbons (Fsp3) is 0.125. The monoisotopic (exact) mass is 343 g/mol. The highest BCUT2D eigenvalue weighted by Gasteiger charge is 2.18. The summed E-state index contributed by atoms with van der Waals surface area (Å²) in [7, 11) is -2.23. The maximum atomic E-state index is 12.4. The van der Waals surface area contributed by atoms with Crippen LogP contribution in [0.5, 0.6) is 0 Å². The topological polar surface area (TPSA) is 105 Å². The van der Waals surface area contributed by atoms with Crippen LogP contribution in [0.25, 0.3) is 11.1 Å². The molecule has 0 saturated heterocycles. The summed E-state index contributed by atoms with van der Waals surface area (Å²) in [5, 5.41) is 9.03. The van der Waals surface area contributed by atoms with Crippen molar-refractivity contribution in [2.45, 2.75) is 11.4 Å². The number of benzene rings is 2. The molecule has 0 radical (unpaired) electrons. The average Bonchev–Trinajstić information content (AvgIpc) is 2.87. The molecule has 7 nitrogen and oxygen atoms in total. The van der Waals surface area contributed by atoms with Crippen LogP contribution in [0.1, 0.15) is 11.1 Å². The Morgan fingerprint density at radius 2 is 2.00 bits per heavy atom. The third kappa shape index (κ3) is 2.82. The predicted molar refractivity (Wildman–Crippen MR) is 86.6 cm³/mol. The first-order valence-electron chi connectivity index (χ1n) is 6.99. The third-order valence-electron chi connectivity index (χ3n) is 3.62. The van der Waals surface area contributed by atoms with Crippen molar-refractivity contribution < 1.29 is 12.8 Å². The van der Waals surface area contributed by atoms with E-state index in [1.54, 1.807) is 37.4 Å². The first-order chi connectivity index (χ1) is 11.4. The van der Waals surface area contributed by atoms with Gasteiger partial charge < -0.3 is 4.42 Å². The number of aromatic nitrogens is 1. The van der Waals surface area contributed by atoms with Crippen LogP contribution in [0.4, 0.5) is 0 Å². The Labute approximate surface area is 137 Å². The smallest absolute Gasteiger partial charge is 0.408 e. The number of sulfonamides is 1. The Hall–Kier alpha value is -2.89. The molecule has 2 aromatic carbocycles. The molecule has 0 aliphatic rings. The number of hydrogen-bond donors (Lipinski definition) is 1. The largest absolute Gasteiger partial charge is 0.419 e. The quantitative estimate of drug-likeness (QED) is 0.772. The van der Waals surface area contributed by atoms with Crippen molar-refractivity contribution in [1.82, 2.24) is 9.29 Å². The molecule has 0 fully saturated rings. The molecule has 0 bridgehead atoms. The van der Waals surface area contributed by atoms with E-state index in [0.717, 1.165) is 0 Å². The molecule has 1 aromatic heterocycles. The number of nitrogens with zero attached hydrogens (tertiary/aromatic N) is 2. The van der Waals surface area contributed by atoms with Gasteiger partial charge >= 0.3 is 5.76 Å². The number of nitriles is 1. The Kier molecular flexibility index (Phi) is 3.97. The molecule has 0 atom stereocenters. The lowest BCUT2D eigenvalue weighted by atomic mass is 10.2. The van der Waals surface area contributed by atoms with Crippen LogP contribution in [-0.4, -0.2) is 13.0 Å². The fourth-order valence-electron chi connectivity index (χ4n) is 2.34. The van der Waals surface area contributed by atoms with Crippen molar-refractivity contribution in [1.29, 1.82) is 5.26 Å². The van der Waals surface area contributed by atoms with Crippen LogP contribution < -0.4 is 10.5 Å². The summed E-state index contributed by atoms with van der Waals surface area (Å²) in [4.78, 5) is 11.4. The van der Waals surface area contributed by atoms with Crippen LogP contribution in [0.15, 0.2) is 56.6 Å². The molecule has 1 N–H and O–H groups in total. The van der Waals surface area contributed by atoms with Crippen molar-refractivity contribution >= 4 is 21.1 Å². The number of hydrogen-bond acceptors (Lipinski definition) is 5. The number of nitrogens with one attached hydrogen (secondary N) is 1. The van der Waals surface area contributed by atoms with E-state index in [1.807, 2.05) is 6.07 Å². The van der Waals surface area contributed by atoms with Gasteiger partial charge in [0.25, 0.3) is 0 Å². The molecule has 8 heteroatoms. The zero-order chi connectivity index (χ0) is 17.3. The Morgan fingerprint density at radius 3 is 2.75 bits per heavy atom. The number of fused-ring (bicyclic) bond motifs is 1. The van der Waals surface area contributed by atoms with Crippen LogP contribution in [-0.2, 0) is 23.6 Å². The third-order valence-corrected chi connectivity index (χ3v) is 5.08. The molecule has 0 aliphatic carbocycles. The summed E-state index contributed by atoms with van der Waals surface area (Å²) in [6.45, 7) is 0.0106. The molecule has 0 aliphatic heterocycles. The summed E-state index contributed by atoms with van der Waals surface area (Å²) in [5.41, 5.74) is 1.72. The predicted octanol–water partition coefficient (Wildman–Crippen LogP) is 1.48. The standard InChI is InChI=1S/C16H13N3O4S/c1-19-13-7-6-11(8-14(13)23-16(19)20)10-18-24(21,22)15-5-3-2-4-12(15)9-17/h2-8,18H,10H2,1H3. The van der Waals surface area contributed by atoms with Gasteiger partial charge in [-0.05, 0) is 29.8 Å².